The number of thiophene rings is 1. The van der Waals surface area contributed by atoms with Crippen LogP contribution < -0.4 is 5.32 Å². The molecule has 114 valence electrons. The minimum atomic E-state index is 0.654. The first-order valence-electron chi connectivity index (χ1n) is 6.95. The molecule has 4 rings (SSSR count). The topological polar surface area (TPSA) is 29.3 Å². The largest absolute Gasteiger partial charge is 0.339 e. The van der Waals surface area contributed by atoms with Gasteiger partial charge in [0.05, 0.1) is 9.90 Å². The Morgan fingerprint density at radius 3 is 2.70 bits per heavy atom. The van der Waals surface area contributed by atoms with Gasteiger partial charge in [-0.15, -0.1) is 11.3 Å². The van der Waals surface area contributed by atoms with Crippen LogP contribution in [-0.2, 0) is 0 Å². The lowest BCUT2D eigenvalue weighted by Crippen LogP contribution is -1.96. The van der Waals surface area contributed by atoms with Crippen molar-refractivity contribution in [2.75, 3.05) is 5.32 Å². The first-order chi connectivity index (χ1) is 11.2. The summed E-state index contributed by atoms with van der Waals surface area (Å²) in [5.74, 6) is 0.868. The van der Waals surface area contributed by atoms with E-state index >= 15 is 0 Å². The summed E-state index contributed by atoms with van der Waals surface area (Å²) in [5.41, 5.74) is 2.63. The Balaban J connectivity index is 1.91. The van der Waals surface area contributed by atoms with Crippen LogP contribution in [0.15, 0.2) is 60.1 Å². The van der Waals surface area contributed by atoms with Gasteiger partial charge in [0.15, 0.2) is 0 Å². The van der Waals surface area contributed by atoms with E-state index in [0.717, 1.165) is 27.7 Å². The summed E-state index contributed by atoms with van der Waals surface area (Å²) in [5, 5.41) is 6.79. The number of hydrogen-bond donors (Lipinski definition) is 1. The number of rotatable bonds is 3. The molecule has 3 nitrogen and oxygen atoms in total. The van der Waals surface area contributed by atoms with Crippen LogP contribution >= 0.6 is 34.5 Å². The molecule has 0 amide bonds. The van der Waals surface area contributed by atoms with Crippen molar-refractivity contribution in [2.45, 2.75) is 0 Å². The molecule has 0 aliphatic rings. The fourth-order valence-corrected chi connectivity index (χ4v) is 3.49. The highest BCUT2D eigenvalue weighted by Crippen LogP contribution is 2.34. The van der Waals surface area contributed by atoms with Crippen molar-refractivity contribution in [1.82, 2.24) is 9.38 Å². The molecule has 0 bridgehead atoms. The maximum Gasteiger partial charge on any atom is 0.144 e. The van der Waals surface area contributed by atoms with E-state index < -0.39 is 0 Å². The summed E-state index contributed by atoms with van der Waals surface area (Å²) in [6, 6.07) is 15.4. The second-order valence-electron chi connectivity index (χ2n) is 5.00. The summed E-state index contributed by atoms with van der Waals surface area (Å²) >= 11 is 13.9. The molecule has 4 aromatic rings. The van der Waals surface area contributed by atoms with E-state index in [0.29, 0.717) is 10.0 Å². The number of benzene rings is 1. The van der Waals surface area contributed by atoms with Gasteiger partial charge in [-0.3, -0.25) is 4.40 Å². The molecule has 0 saturated heterocycles. The molecule has 3 aromatic heterocycles. The van der Waals surface area contributed by atoms with Gasteiger partial charge in [0.1, 0.15) is 17.2 Å². The quantitative estimate of drug-likeness (QED) is 0.477. The molecule has 0 unspecified atom stereocenters. The lowest BCUT2D eigenvalue weighted by atomic mass is 10.3. The van der Waals surface area contributed by atoms with Gasteiger partial charge in [-0.25, -0.2) is 4.98 Å². The number of nitrogens with zero attached hydrogens (tertiary/aromatic N) is 2. The van der Waals surface area contributed by atoms with Gasteiger partial charge in [0.25, 0.3) is 0 Å². The Morgan fingerprint density at radius 2 is 1.91 bits per heavy atom. The third-order valence-electron chi connectivity index (χ3n) is 3.42. The Kier molecular flexibility index (Phi) is 3.73. The molecule has 3 heterocycles. The van der Waals surface area contributed by atoms with Gasteiger partial charge in [0, 0.05) is 16.9 Å². The highest BCUT2D eigenvalue weighted by Gasteiger charge is 2.15. The Bertz CT molecular complexity index is 977. The molecule has 0 aliphatic heterocycles. The SMILES string of the molecule is Clc1cccc(Nc2c(-c3cccs3)nc3ccc(Cl)cn23)c1. The monoisotopic (exact) mass is 359 g/mol. The summed E-state index contributed by atoms with van der Waals surface area (Å²) in [4.78, 5) is 5.83. The fourth-order valence-electron chi connectivity index (χ4n) is 2.43. The van der Waals surface area contributed by atoms with Crippen LogP contribution in [-0.4, -0.2) is 9.38 Å². The number of imidazole rings is 1. The molecule has 0 atom stereocenters. The van der Waals surface area contributed by atoms with E-state index in [1.54, 1.807) is 11.3 Å². The molecular weight excluding hydrogens is 349 g/mol. The number of nitrogens with one attached hydrogen (secondary N) is 1. The molecule has 0 spiro atoms. The summed E-state index contributed by atoms with van der Waals surface area (Å²) in [7, 11) is 0. The van der Waals surface area contributed by atoms with Crippen LogP contribution in [0.5, 0.6) is 0 Å². The average Bonchev–Trinajstić information content (AvgIpc) is 3.16. The smallest absolute Gasteiger partial charge is 0.144 e. The number of hydrogen-bond acceptors (Lipinski definition) is 3. The van der Waals surface area contributed by atoms with Crippen LogP contribution in [0.4, 0.5) is 11.5 Å². The first-order valence-corrected chi connectivity index (χ1v) is 8.58. The van der Waals surface area contributed by atoms with Crippen molar-refractivity contribution >= 4 is 51.7 Å². The van der Waals surface area contributed by atoms with Crippen LogP contribution in [0.3, 0.4) is 0 Å². The van der Waals surface area contributed by atoms with Gasteiger partial charge in [-0.05, 0) is 41.8 Å². The molecule has 0 fully saturated rings. The average molecular weight is 360 g/mol. The van der Waals surface area contributed by atoms with Gasteiger partial charge in [-0.2, -0.15) is 0 Å². The lowest BCUT2D eigenvalue weighted by Gasteiger charge is -2.08. The molecule has 0 saturated carbocycles. The second kappa shape index (κ2) is 5.89. The fraction of sp³-hybridized carbons (Fsp3) is 0. The standard InChI is InChI=1S/C17H11Cl2N3S/c18-11-3-1-4-13(9-11)20-17-16(14-5-2-8-23-14)21-15-7-6-12(19)10-22(15)17/h1-10,20H. The number of halogens is 2. The zero-order chi connectivity index (χ0) is 15.8. The van der Waals surface area contributed by atoms with E-state index in [1.165, 1.54) is 0 Å². The number of pyridine rings is 1. The van der Waals surface area contributed by atoms with Crippen LogP contribution in [0.1, 0.15) is 0 Å². The zero-order valence-electron chi connectivity index (χ0n) is 11.8. The van der Waals surface area contributed by atoms with E-state index in [-0.39, 0.29) is 0 Å². The molecule has 23 heavy (non-hydrogen) atoms. The number of anilines is 2. The first kappa shape index (κ1) is 14.6. The van der Waals surface area contributed by atoms with E-state index in [2.05, 4.69) is 11.4 Å². The van der Waals surface area contributed by atoms with Gasteiger partial charge < -0.3 is 5.32 Å². The summed E-state index contributed by atoms with van der Waals surface area (Å²) in [6.07, 6.45) is 1.86. The predicted molar refractivity (Wildman–Crippen MR) is 98.2 cm³/mol. The third kappa shape index (κ3) is 2.81. The Morgan fingerprint density at radius 1 is 1.00 bits per heavy atom. The lowest BCUT2D eigenvalue weighted by molar-refractivity contribution is 1.18. The van der Waals surface area contributed by atoms with E-state index in [9.17, 15) is 0 Å². The maximum absolute atomic E-state index is 6.16. The van der Waals surface area contributed by atoms with Gasteiger partial charge in [-0.1, -0.05) is 35.3 Å². The van der Waals surface area contributed by atoms with Crippen LogP contribution in [0, 0.1) is 0 Å². The van der Waals surface area contributed by atoms with Crippen molar-refractivity contribution in [2.24, 2.45) is 0 Å². The number of aromatic nitrogens is 2. The van der Waals surface area contributed by atoms with E-state index in [1.807, 2.05) is 58.4 Å². The molecule has 6 heteroatoms. The molecule has 1 aromatic carbocycles. The predicted octanol–water partition coefficient (Wildman–Crippen LogP) is 6.11. The number of fused-ring (bicyclic) bond motifs is 1. The Labute approximate surface area is 147 Å². The van der Waals surface area contributed by atoms with Gasteiger partial charge in [0.2, 0.25) is 0 Å². The zero-order valence-corrected chi connectivity index (χ0v) is 14.2. The van der Waals surface area contributed by atoms with Crippen molar-refractivity contribution in [3.8, 4) is 10.6 Å². The second-order valence-corrected chi connectivity index (χ2v) is 6.82. The minimum absolute atomic E-state index is 0.654. The van der Waals surface area contributed by atoms with E-state index in [4.69, 9.17) is 28.2 Å². The van der Waals surface area contributed by atoms with Crippen LogP contribution in [0.25, 0.3) is 16.2 Å². The van der Waals surface area contributed by atoms with Crippen molar-refractivity contribution in [3.05, 3.63) is 70.2 Å². The van der Waals surface area contributed by atoms with Gasteiger partial charge >= 0.3 is 0 Å². The third-order valence-corrected chi connectivity index (χ3v) is 4.76. The van der Waals surface area contributed by atoms with Crippen LogP contribution in [0.2, 0.25) is 10.0 Å². The molecule has 0 aliphatic carbocycles. The minimum Gasteiger partial charge on any atom is -0.339 e. The van der Waals surface area contributed by atoms with Crippen molar-refractivity contribution in [3.63, 3.8) is 0 Å². The summed E-state index contributed by atoms with van der Waals surface area (Å²) < 4.78 is 1.96. The highest BCUT2D eigenvalue weighted by molar-refractivity contribution is 7.13. The molecular formula is C17H11Cl2N3S. The molecule has 0 radical (unpaired) electrons. The Hall–Kier alpha value is -2.01. The van der Waals surface area contributed by atoms with Crippen molar-refractivity contribution in [1.29, 1.82) is 0 Å². The van der Waals surface area contributed by atoms with Crippen molar-refractivity contribution < 1.29 is 0 Å². The maximum atomic E-state index is 6.16. The highest BCUT2D eigenvalue weighted by atomic mass is 35.5. The molecule has 1 N–H and O–H groups in total. The summed E-state index contributed by atoms with van der Waals surface area (Å²) in [6.45, 7) is 0. The normalized spacial score (nSPS) is 11.0.